The Kier molecular flexibility index (Phi) is 4.92. The molecule has 0 N–H and O–H groups in total. The number of rotatable bonds is 4. The number of ketones is 1. The van der Waals surface area contributed by atoms with Crippen molar-refractivity contribution in [1.29, 1.82) is 10.5 Å². The molecule has 0 bridgehead atoms. The molecule has 0 spiro atoms. The van der Waals surface area contributed by atoms with E-state index in [0.29, 0.717) is 22.3 Å². The van der Waals surface area contributed by atoms with Gasteiger partial charge in [0.1, 0.15) is 0 Å². The highest BCUT2D eigenvalue weighted by molar-refractivity contribution is 6.28. The van der Waals surface area contributed by atoms with Crippen LogP contribution in [-0.4, -0.2) is 24.8 Å². The van der Waals surface area contributed by atoms with E-state index in [1.54, 1.807) is 59.6 Å². The van der Waals surface area contributed by atoms with Gasteiger partial charge in [-0.2, -0.15) is 10.5 Å². The third-order valence-corrected chi connectivity index (χ3v) is 3.23. The SMILES string of the molecule is CN(C)C=C(C(=O)c1ccc(C#N)cc1)c1ccc(C#N)cc1. The van der Waals surface area contributed by atoms with Crippen molar-refractivity contribution in [2.24, 2.45) is 0 Å². The zero-order valence-corrected chi connectivity index (χ0v) is 12.9. The van der Waals surface area contributed by atoms with E-state index in [1.807, 2.05) is 20.2 Å². The molecule has 4 heteroatoms. The third-order valence-electron chi connectivity index (χ3n) is 3.23. The van der Waals surface area contributed by atoms with Crippen LogP contribution in [0.15, 0.2) is 54.7 Å². The van der Waals surface area contributed by atoms with E-state index in [0.717, 1.165) is 5.56 Å². The van der Waals surface area contributed by atoms with Gasteiger partial charge in [0.2, 0.25) is 0 Å². The van der Waals surface area contributed by atoms with Crippen LogP contribution in [0.5, 0.6) is 0 Å². The maximum absolute atomic E-state index is 12.8. The second-order valence-electron chi connectivity index (χ2n) is 5.21. The lowest BCUT2D eigenvalue weighted by Gasteiger charge is -2.12. The van der Waals surface area contributed by atoms with E-state index in [4.69, 9.17) is 10.5 Å². The lowest BCUT2D eigenvalue weighted by molar-refractivity contribution is 0.105. The quantitative estimate of drug-likeness (QED) is 0.642. The predicted molar refractivity (Wildman–Crippen MR) is 88.3 cm³/mol. The van der Waals surface area contributed by atoms with Crippen molar-refractivity contribution in [2.75, 3.05) is 14.1 Å². The molecule has 2 aromatic carbocycles. The molecular weight excluding hydrogens is 286 g/mol. The maximum atomic E-state index is 12.8. The minimum atomic E-state index is -0.132. The summed E-state index contributed by atoms with van der Waals surface area (Å²) in [6, 6.07) is 17.5. The van der Waals surface area contributed by atoms with Gasteiger partial charge in [-0.05, 0) is 42.0 Å². The average Bonchev–Trinajstić information content (AvgIpc) is 2.59. The molecule has 0 amide bonds. The number of hydrogen-bond donors (Lipinski definition) is 0. The summed E-state index contributed by atoms with van der Waals surface area (Å²) in [5, 5.41) is 17.7. The van der Waals surface area contributed by atoms with Gasteiger partial charge in [-0.1, -0.05) is 12.1 Å². The van der Waals surface area contributed by atoms with Crippen molar-refractivity contribution in [3.05, 3.63) is 77.0 Å². The summed E-state index contributed by atoms with van der Waals surface area (Å²) in [5.41, 5.74) is 2.85. The summed E-state index contributed by atoms with van der Waals surface area (Å²) in [4.78, 5) is 14.6. The fourth-order valence-corrected chi connectivity index (χ4v) is 2.10. The number of allylic oxidation sites excluding steroid dienone is 1. The first-order valence-corrected chi connectivity index (χ1v) is 6.99. The van der Waals surface area contributed by atoms with Gasteiger partial charge in [0.05, 0.1) is 23.3 Å². The molecule has 0 aliphatic carbocycles. The van der Waals surface area contributed by atoms with Crippen LogP contribution < -0.4 is 0 Å². The largest absolute Gasteiger partial charge is 0.383 e. The monoisotopic (exact) mass is 301 g/mol. The van der Waals surface area contributed by atoms with Crippen LogP contribution >= 0.6 is 0 Å². The van der Waals surface area contributed by atoms with Crippen LogP contribution in [0.3, 0.4) is 0 Å². The van der Waals surface area contributed by atoms with Gasteiger partial charge in [-0.15, -0.1) is 0 Å². The highest BCUT2D eigenvalue weighted by Crippen LogP contribution is 2.21. The van der Waals surface area contributed by atoms with E-state index in [9.17, 15) is 4.79 Å². The molecule has 0 unspecified atom stereocenters. The van der Waals surface area contributed by atoms with Crippen molar-refractivity contribution in [3.63, 3.8) is 0 Å². The van der Waals surface area contributed by atoms with Gasteiger partial charge in [-0.3, -0.25) is 4.79 Å². The molecule has 0 saturated carbocycles. The van der Waals surface area contributed by atoms with Crippen molar-refractivity contribution in [3.8, 4) is 12.1 Å². The van der Waals surface area contributed by atoms with E-state index >= 15 is 0 Å². The minimum Gasteiger partial charge on any atom is -0.383 e. The Labute approximate surface area is 135 Å². The molecule has 0 heterocycles. The molecule has 0 aliphatic rings. The Morgan fingerprint density at radius 1 is 0.870 bits per heavy atom. The summed E-state index contributed by atoms with van der Waals surface area (Å²) in [6.45, 7) is 0. The van der Waals surface area contributed by atoms with Gasteiger partial charge in [-0.25, -0.2) is 0 Å². The summed E-state index contributed by atoms with van der Waals surface area (Å²) < 4.78 is 0. The number of carbonyl (C=O) groups is 1. The molecule has 2 aromatic rings. The number of benzene rings is 2. The van der Waals surface area contributed by atoms with Gasteiger partial charge >= 0.3 is 0 Å². The molecular formula is C19H15N3O. The molecule has 0 atom stereocenters. The Bertz CT molecular complexity index is 817. The molecule has 0 saturated heterocycles. The Balaban J connectivity index is 2.43. The first-order chi connectivity index (χ1) is 11.0. The van der Waals surface area contributed by atoms with Crippen molar-refractivity contribution >= 4 is 11.4 Å². The smallest absolute Gasteiger partial charge is 0.195 e. The number of Topliss-reactive ketones (excluding diaryl/α,β-unsaturated/α-hetero) is 1. The molecule has 112 valence electrons. The first kappa shape index (κ1) is 16.0. The van der Waals surface area contributed by atoms with Crippen molar-refractivity contribution in [2.45, 2.75) is 0 Å². The fraction of sp³-hybridized carbons (Fsp3) is 0.105. The Morgan fingerprint density at radius 2 is 1.30 bits per heavy atom. The number of carbonyl (C=O) groups excluding carboxylic acids is 1. The van der Waals surface area contributed by atoms with Crippen LogP contribution in [0.4, 0.5) is 0 Å². The average molecular weight is 301 g/mol. The van der Waals surface area contributed by atoms with Gasteiger partial charge in [0.15, 0.2) is 5.78 Å². The molecule has 23 heavy (non-hydrogen) atoms. The topological polar surface area (TPSA) is 67.9 Å². The van der Waals surface area contributed by atoms with Crippen LogP contribution in [0, 0.1) is 22.7 Å². The van der Waals surface area contributed by atoms with E-state index < -0.39 is 0 Å². The highest BCUT2D eigenvalue weighted by atomic mass is 16.1. The van der Waals surface area contributed by atoms with Crippen LogP contribution in [-0.2, 0) is 0 Å². The molecule has 0 radical (unpaired) electrons. The zero-order valence-electron chi connectivity index (χ0n) is 12.9. The van der Waals surface area contributed by atoms with Crippen molar-refractivity contribution < 1.29 is 4.79 Å². The van der Waals surface area contributed by atoms with Crippen molar-refractivity contribution in [1.82, 2.24) is 4.90 Å². The van der Waals surface area contributed by atoms with E-state index in [2.05, 4.69) is 6.07 Å². The predicted octanol–water partition coefficient (Wildman–Crippen LogP) is 3.22. The second kappa shape index (κ2) is 7.06. The van der Waals surface area contributed by atoms with Crippen LogP contribution in [0.1, 0.15) is 27.0 Å². The number of nitrogens with zero attached hydrogens (tertiary/aromatic N) is 3. The molecule has 2 rings (SSSR count). The summed E-state index contributed by atoms with van der Waals surface area (Å²) in [5.74, 6) is -0.132. The third kappa shape index (κ3) is 3.84. The van der Waals surface area contributed by atoms with E-state index in [1.165, 1.54) is 0 Å². The molecule has 0 fully saturated rings. The Morgan fingerprint density at radius 3 is 1.70 bits per heavy atom. The van der Waals surface area contributed by atoms with Crippen LogP contribution in [0.25, 0.3) is 5.57 Å². The highest BCUT2D eigenvalue weighted by Gasteiger charge is 2.15. The fourth-order valence-electron chi connectivity index (χ4n) is 2.10. The lowest BCUT2D eigenvalue weighted by atomic mass is 9.96. The minimum absolute atomic E-state index is 0.132. The maximum Gasteiger partial charge on any atom is 0.195 e. The zero-order chi connectivity index (χ0) is 16.8. The number of hydrogen-bond acceptors (Lipinski definition) is 4. The molecule has 4 nitrogen and oxygen atoms in total. The normalized spacial score (nSPS) is 10.5. The van der Waals surface area contributed by atoms with Gasteiger partial charge in [0.25, 0.3) is 0 Å². The van der Waals surface area contributed by atoms with Gasteiger partial charge < -0.3 is 4.90 Å². The number of nitriles is 2. The van der Waals surface area contributed by atoms with Crippen LogP contribution in [0.2, 0.25) is 0 Å². The molecule has 0 aliphatic heterocycles. The Hall–Kier alpha value is -3.37. The summed E-state index contributed by atoms with van der Waals surface area (Å²) >= 11 is 0. The summed E-state index contributed by atoms with van der Waals surface area (Å²) in [6.07, 6.45) is 1.75. The lowest BCUT2D eigenvalue weighted by Crippen LogP contribution is -2.09. The van der Waals surface area contributed by atoms with Gasteiger partial charge in [0, 0.05) is 31.4 Å². The van der Waals surface area contributed by atoms with E-state index in [-0.39, 0.29) is 5.78 Å². The second-order valence-corrected chi connectivity index (χ2v) is 5.21. The molecule has 0 aromatic heterocycles. The standard InChI is InChI=1S/C19H15N3O/c1-22(2)13-18(16-7-3-14(11-20)4-8-16)19(23)17-9-5-15(12-21)6-10-17/h3-10,13H,1-2H3. The first-order valence-electron chi connectivity index (χ1n) is 6.99. The summed E-state index contributed by atoms with van der Waals surface area (Å²) in [7, 11) is 3.69.